The molecule has 0 aromatic carbocycles. The molecule has 0 radical (unpaired) electrons. The first-order valence-corrected chi connectivity index (χ1v) is 4.20. The molecular weight excluding hydrogens is 188 g/mol. The minimum Gasteiger partial charge on any atom is -0.434 e. The number of cyclic esters (lactones) is 2. The third-order valence-electron chi connectivity index (χ3n) is 1.82. The maximum Gasteiger partial charge on any atom is 0.508 e. The van der Waals surface area contributed by atoms with Crippen molar-refractivity contribution >= 4 is 12.1 Å². The van der Waals surface area contributed by atoms with Crippen molar-refractivity contribution in [3.05, 3.63) is 12.3 Å². The average Bonchev–Trinajstić information content (AvgIpc) is 2.19. The lowest BCUT2D eigenvalue weighted by atomic mass is 9.93. The molecule has 0 bridgehead atoms. The summed E-state index contributed by atoms with van der Waals surface area (Å²) in [6.45, 7) is 3.32. The number of allylic oxidation sites excluding steroid dienone is 1. The number of carbonyl (C=O) groups excluding carboxylic acids is 2. The van der Waals surface area contributed by atoms with Crippen LogP contribution in [0.5, 0.6) is 0 Å². The molecule has 0 spiro atoms. The quantitative estimate of drug-likeness (QED) is 0.495. The highest BCUT2D eigenvalue weighted by molar-refractivity contribution is 5.78. The van der Waals surface area contributed by atoms with E-state index < -0.39 is 17.5 Å². The molecule has 1 saturated heterocycles. The molecule has 0 saturated carbocycles. The van der Waals surface area contributed by atoms with Gasteiger partial charge in [-0.3, -0.25) is 4.79 Å². The van der Waals surface area contributed by atoms with Crippen LogP contribution in [0.4, 0.5) is 4.79 Å². The Hall–Kier alpha value is -1.52. The van der Waals surface area contributed by atoms with E-state index >= 15 is 0 Å². The molecule has 1 aliphatic rings. The normalized spacial score (nSPS) is 20.0. The van der Waals surface area contributed by atoms with Gasteiger partial charge in [0.05, 0.1) is 6.26 Å². The number of hydrogen-bond donors (Lipinski definition) is 0. The van der Waals surface area contributed by atoms with Crippen LogP contribution in [0.25, 0.3) is 0 Å². The summed E-state index contributed by atoms with van der Waals surface area (Å²) in [7, 11) is 0. The number of hydrogen-bond acceptors (Lipinski definition) is 5. The zero-order valence-corrected chi connectivity index (χ0v) is 8.11. The molecule has 0 aromatic heterocycles. The molecule has 1 fully saturated rings. The van der Waals surface area contributed by atoms with Crippen LogP contribution in [0, 0.1) is 5.41 Å². The van der Waals surface area contributed by atoms with Crippen molar-refractivity contribution in [3.8, 4) is 0 Å². The predicted molar refractivity (Wildman–Crippen MR) is 46.3 cm³/mol. The molecule has 0 unspecified atom stereocenters. The van der Waals surface area contributed by atoms with E-state index in [1.54, 1.807) is 19.9 Å². The van der Waals surface area contributed by atoms with Crippen LogP contribution < -0.4 is 0 Å². The van der Waals surface area contributed by atoms with Gasteiger partial charge in [0.1, 0.15) is 18.6 Å². The van der Waals surface area contributed by atoms with Crippen molar-refractivity contribution in [2.75, 3.05) is 13.2 Å². The third kappa shape index (κ3) is 2.25. The van der Waals surface area contributed by atoms with Gasteiger partial charge in [-0.1, -0.05) is 6.08 Å². The topological polar surface area (TPSA) is 61.8 Å². The van der Waals surface area contributed by atoms with Crippen molar-refractivity contribution in [2.24, 2.45) is 5.41 Å². The lowest BCUT2D eigenvalue weighted by molar-refractivity contribution is -0.160. The van der Waals surface area contributed by atoms with Gasteiger partial charge in [-0.15, -0.1) is 0 Å². The molecule has 0 amide bonds. The number of esters is 1. The van der Waals surface area contributed by atoms with E-state index in [4.69, 9.17) is 4.74 Å². The molecule has 5 heteroatoms. The Bertz CT molecular complexity index is 258. The maximum absolute atomic E-state index is 11.4. The SMILES string of the molecule is C/C=C/OC(=O)C1(C)COC(=O)OC1. The van der Waals surface area contributed by atoms with E-state index in [1.165, 1.54) is 6.26 Å². The molecule has 1 aliphatic heterocycles. The molecule has 0 N–H and O–H groups in total. The maximum atomic E-state index is 11.4. The van der Waals surface area contributed by atoms with E-state index in [1.807, 2.05) is 0 Å². The van der Waals surface area contributed by atoms with E-state index in [0.29, 0.717) is 0 Å². The third-order valence-corrected chi connectivity index (χ3v) is 1.82. The molecule has 1 rings (SSSR count). The smallest absolute Gasteiger partial charge is 0.434 e. The number of rotatable bonds is 2. The Morgan fingerprint density at radius 1 is 1.50 bits per heavy atom. The van der Waals surface area contributed by atoms with Crippen LogP contribution in [0.15, 0.2) is 12.3 Å². The summed E-state index contributed by atoms with van der Waals surface area (Å²) in [4.78, 5) is 22.0. The summed E-state index contributed by atoms with van der Waals surface area (Å²) in [5, 5.41) is 0. The van der Waals surface area contributed by atoms with Crippen LogP contribution in [0.1, 0.15) is 13.8 Å². The summed E-state index contributed by atoms with van der Waals surface area (Å²) >= 11 is 0. The van der Waals surface area contributed by atoms with Gasteiger partial charge in [0.15, 0.2) is 0 Å². The van der Waals surface area contributed by atoms with Crippen molar-refractivity contribution in [2.45, 2.75) is 13.8 Å². The Labute approximate surface area is 81.6 Å². The van der Waals surface area contributed by atoms with Gasteiger partial charge in [0, 0.05) is 0 Å². The average molecular weight is 200 g/mol. The predicted octanol–water partition coefficient (Wildman–Crippen LogP) is 1.24. The highest BCUT2D eigenvalue weighted by atomic mass is 16.7. The van der Waals surface area contributed by atoms with Gasteiger partial charge in [0.25, 0.3) is 0 Å². The summed E-state index contributed by atoms with van der Waals surface area (Å²) in [6.07, 6.45) is 2.13. The Kier molecular flexibility index (Phi) is 3.11. The fourth-order valence-electron chi connectivity index (χ4n) is 0.910. The summed E-state index contributed by atoms with van der Waals surface area (Å²) in [5.41, 5.74) is -0.909. The molecule has 1 heterocycles. The van der Waals surface area contributed by atoms with Gasteiger partial charge in [-0.2, -0.15) is 0 Å². The lowest BCUT2D eigenvalue weighted by Gasteiger charge is -2.29. The van der Waals surface area contributed by atoms with E-state index in [2.05, 4.69) is 9.47 Å². The van der Waals surface area contributed by atoms with Gasteiger partial charge >= 0.3 is 12.1 Å². The van der Waals surface area contributed by atoms with Crippen molar-refractivity contribution in [1.29, 1.82) is 0 Å². The fraction of sp³-hybridized carbons (Fsp3) is 0.556. The van der Waals surface area contributed by atoms with Crippen molar-refractivity contribution < 1.29 is 23.8 Å². The zero-order valence-electron chi connectivity index (χ0n) is 8.11. The van der Waals surface area contributed by atoms with Crippen molar-refractivity contribution in [3.63, 3.8) is 0 Å². The summed E-state index contributed by atoms with van der Waals surface area (Å²) in [6, 6.07) is 0. The van der Waals surface area contributed by atoms with Crippen LogP contribution in [0.3, 0.4) is 0 Å². The summed E-state index contributed by atoms with van der Waals surface area (Å²) in [5.74, 6) is -0.469. The van der Waals surface area contributed by atoms with Crippen LogP contribution >= 0.6 is 0 Å². The van der Waals surface area contributed by atoms with Gasteiger partial charge in [0.2, 0.25) is 0 Å². The highest BCUT2D eigenvalue weighted by Gasteiger charge is 2.41. The molecule has 5 nitrogen and oxygen atoms in total. The van der Waals surface area contributed by atoms with Crippen LogP contribution in [0.2, 0.25) is 0 Å². The monoisotopic (exact) mass is 200 g/mol. The largest absolute Gasteiger partial charge is 0.508 e. The first-order chi connectivity index (χ1) is 6.58. The van der Waals surface area contributed by atoms with Crippen LogP contribution in [-0.2, 0) is 19.0 Å². The Balaban J connectivity index is 2.56. The van der Waals surface area contributed by atoms with Gasteiger partial charge < -0.3 is 14.2 Å². The Morgan fingerprint density at radius 2 is 2.07 bits per heavy atom. The molecule has 78 valence electrons. The minimum absolute atomic E-state index is 0.0117. The van der Waals surface area contributed by atoms with E-state index in [0.717, 1.165) is 0 Å². The number of carbonyl (C=O) groups is 2. The standard InChI is InChI=1S/C9H12O5/c1-3-4-12-7(10)9(2)5-13-8(11)14-6-9/h3-4H,5-6H2,1-2H3/b4-3+. The molecule has 0 aliphatic carbocycles. The van der Waals surface area contributed by atoms with Gasteiger partial charge in [-0.05, 0) is 13.8 Å². The molecule has 14 heavy (non-hydrogen) atoms. The number of ether oxygens (including phenoxy) is 3. The second-order valence-electron chi connectivity index (χ2n) is 3.26. The molecular formula is C9H12O5. The first-order valence-electron chi connectivity index (χ1n) is 4.20. The second kappa shape index (κ2) is 4.13. The minimum atomic E-state index is -0.909. The molecule has 0 aromatic rings. The first kappa shape index (κ1) is 10.6. The zero-order chi connectivity index (χ0) is 10.6. The van der Waals surface area contributed by atoms with Crippen molar-refractivity contribution in [1.82, 2.24) is 0 Å². The lowest BCUT2D eigenvalue weighted by Crippen LogP contribution is -2.43. The summed E-state index contributed by atoms with van der Waals surface area (Å²) < 4.78 is 14.0. The van der Waals surface area contributed by atoms with E-state index in [-0.39, 0.29) is 13.2 Å². The fourth-order valence-corrected chi connectivity index (χ4v) is 0.910. The Morgan fingerprint density at radius 3 is 2.57 bits per heavy atom. The second-order valence-corrected chi connectivity index (χ2v) is 3.26. The molecule has 0 atom stereocenters. The van der Waals surface area contributed by atoms with E-state index in [9.17, 15) is 9.59 Å². The highest BCUT2D eigenvalue weighted by Crippen LogP contribution is 2.23. The van der Waals surface area contributed by atoms with Crippen LogP contribution in [-0.4, -0.2) is 25.3 Å². The van der Waals surface area contributed by atoms with Gasteiger partial charge in [-0.25, -0.2) is 4.79 Å².